The van der Waals surface area contributed by atoms with Crippen LogP contribution in [0.3, 0.4) is 0 Å². The predicted octanol–water partition coefficient (Wildman–Crippen LogP) is 7.10. The van der Waals surface area contributed by atoms with Gasteiger partial charge in [0.25, 0.3) is 0 Å². The van der Waals surface area contributed by atoms with Gasteiger partial charge >= 0.3 is 0 Å². The fraction of sp³-hybridized carbons (Fsp3) is 0.214. The minimum atomic E-state index is 0.283. The maximum atomic E-state index is 2.42. The first-order chi connectivity index (χ1) is 13.8. The fourth-order valence-electron chi connectivity index (χ4n) is 4.98. The second kappa shape index (κ2) is 6.95. The Kier molecular flexibility index (Phi) is 4.28. The van der Waals surface area contributed by atoms with Gasteiger partial charge < -0.3 is 0 Å². The van der Waals surface area contributed by atoms with Crippen LogP contribution in [0.5, 0.6) is 0 Å². The number of benzene rings is 3. The second-order valence-corrected chi connectivity index (χ2v) is 8.29. The summed E-state index contributed by atoms with van der Waals surface area (Å²) in [4.78, 5) is 0. The normalized spacial score (nSPS) is 23.0. The number of hydrogen-bond donors (Lipinski definition) is 0. The average molecular weight is 363 g/mol. The van der Waals surface area contributed by atoms with Crippen molar-refractivity contribution in [2.75, 3.05) is 0 Å². The van der Waals surface area contributed by atoms with Gasteiger partial charge in [0.2, 0.25) is 0 Å². The van der Waals surface area contributed by atoms with Crippen LogP contribution in [0.25, 0.3) is 5.57 Å². The van der Waals surface area contributed by atoms with E-state index in [-0.39, 0.29) is 5.41 Å². The minimum Gasteiger partial charge on any atom is -0.0873 e. The Morgan fingerprint density at radius 2 is 1.36 bits per heavy atom. The topological polar surface area (TPSA) is 0 Å². The summed E-state index contributed by atoms with van der Waals surface area (Å²) < 4.78 is 0. The summed E-state index contributed by atoms with van der Waals surface area (Å²) in [5, 5.41) is 0. The van der Waals surface area contributed by atoms with Crippen LogP contribution in [0.15, 0.2) is 103 Å². The molecule has 0 aromatic heterocycles. The van der Waals surface area contributed by atoms with Gasteiger partial charge in [0.15, 0.2) is 0 Å². The highest BCUT2D eigenvalue weighted by Gasteiger charge is 2.56. The fourth-order valence-corrected chi connectivity index (χ4v) is 4.98. The number of fused-ring (bicyclic) bond motifs is 1. The first-order valence-corrected chi connectivity index (χ1v) is 10.3. The first kappa shape index (κ1) is 17.3. The van der Waals surface area contributed by atoms with Crippen LogP contribution in [0.4, 0.5) is 0 Å². The van der Waals surface area contributed by atoms with Gasteiger partial charge in [-0.15, -0.1) is 0 Å². The van der Waals surface area contributed by atoms with E-state index < -0.39 is 0 Å². The zero-order chi connectivity index (χ0) is 19.0. The molecule has 0 amide bonds. The van der Waals surface area contributed by atoms with Gasteiger partial charge in [-0.1, -0.05) is 108 Å². The smallest absolute Gasteiger partial charge is 0.00596 e. The van der Waals surface area contributed by atoms with Crippen molar-refractivity contribution < 1.29 is 0 Å². The lowest BCUT2D eigenvalue weighted by molar-refractivity contribution is 0.657. The Labute approximate surface area is 168 Å². The minimum absolute atomic E-state index is 0.283. The van der Waals surface area contributed by atoms with Crippen molar-refractivity contribution in [3.05, 3.63) is 125 Å². The summed E-state index contributed by atoms with van der Waals surface area (Å²) in [6.45, 7) is 2.17. The third-order valence-electron chi connectivity index (χ3n) is 6.55. The Hall–Kier alpha value is -2.86. The van der Waals surface area contributed by atoms with Crippen molar-refractivity contribution in [3.8, 4) is 0 Å². The highest BCUT2D eigenvalue weighted by atomic mass is 14.6. The molecule has 0 radical (unpaired) electrons. The lowest BCUT2D eigenvalue weighted by atomic mass is 9.84. The molecule has 0 saturated heterocycles. The van der Waals surface area contributed by atoms with Crippen molar-refractivity contribution in [2.45, 2.75) is 31.6 Å². The molecule has 3 aromatic carbocycles. The number of allylic oxidation sites excluding steroid dienone is 3. The van der Waals surface area contributed by atoms with Gasteiger partial charge in [-0.2, -0.15) is 0 Å². The lowest BCUT2D eigenvalue weighted by Gasteiger charge is -2.20. The van der Waals surface area contributed by atoms with Crippen molar-refractivity contribution >= 4 is 5.57 Å². The summed E-state index contributed by atoms with van der Waals surface area (Å²) >= 11 is 0. The largest absolute Gasteiger partial charge is 0.0873 e. The predicted molar refractivity (Wildman–Crippen MR) is 118 cm³/mol. The molecule has 0 nitrogen and oxygen atoms in total. The lowest BCUT2D eigenvalue weighted by Crippen LogP contribution is -2.10. The third-order valence-corrected chi connectivity index (χ3v) is 6.55. The average Bonchev–Trinajstić information content (AvgIpc) is 3.49. The van der Waals surface area contributed by atoms with Crippen LogP contribution in [-0.4, -0.2) is 0 Å². The van der Waals surface area contributed by atoms with E-state index in [2.05, 4.69) is 104 Å². The molecule has 5 rings (SSSR count). The molecule has 0 bridgehead atoms. The standard InChI is InChI=1S/C28H26/c1-21-15-17-24(18-16-21)28-19-9-8-14-25(26(28)20-28)27(22-10-4-2-5-11-22)23-12-6-3-7-13-23/h2-13,15-18,26H,14,19-20H2,1H3/t26-,28+/m1/s1. The van der Waals surface area contributed by atoms with Crippen LogP contribution >= 0.6 is 0 Å². The van der Waals surface area contributed by atoms with Crippen molar-refractivity contribution in [2.24, 2.45) is 5.92 Å². The zero-order valence-electron chi connectivity index (χ0n) is 16.4. The highest BCUT2D eigenvalue weighted by Crippen LogP contribution is 2.63. The molecule has 1 fully saturated rings. The summed E-state index contributed by atoms with van der Waals surface area (Å²) in [6.07, 6.45) is 8.28. The van der Waals surface area contributed by atoms with E-state index in [9.17, 15) is 0 Å². The molecule has 0 unspecified atom stereocenters. The van der Waals surface area contributed by atoms with Gasteiger partial charge in [0.05, 0.1) is 0 Å². The van der Waals surface area contributed by atoms with Gasteiger partial charge in [-0.25, -0.2) is 0 Å². The van der Waals surface area contributed by atoms with E-state index >= 15 is 0 Å². The maximum Gasteiger partial charge on any atom is 0.00596 e. The number of hydrogen-bond acceptors (Lipinski definition) is 0. The summed E-state index contributed by atoms with van der Waals surface area (Å²) in [6, 6.07) is 31.2. The van der Waals surface area contributed by atoms with E-state index in [0.29, 0.717) is 5.92 Å². The molecule has 1 saturated carbocycles. The molecule has 0 heterocycles. The molecular weight excluding hydrogens is 336 g/mol. The maximum absolute atomic E-state index is 2.42. The molecule has 0 aliphatic heterocycles. The molecule has 2 atom stereocenters. The second-order valence-electron chi connectivity index (χ2n) is 8.29. The first-order valence-electron chi connectivity index (χ1n) is 10.3. The zero-order valence-corrected chi connectivity index (χ0v) is 16.4. The molecule has 0 heteroatoms. The molecule has 138 valence electrons. The SMILES string of the molecule is Cc1ccc([C@@]23CC=CCC(=C(c4ccccc4)c4ccccc4)[C@H]2C3)cc1. The third kappa shape index (κ3) is 2.94. The Morgan fingerprint density at radius 1 is 0.750 bits per heavy atom. The van der Waals surface area contributed by atoms with Crippen molar-refractivity contribution in [1.29, 1.82) is 0 Å². The van der Waals surface area contributed by atoms with Crippen molar-refractivity contribution in [1.82, 2.24) is 0 Å². The summed E-state index contributed by atoms with van der Waals surface area (Å²) in [5.41, 5.74) is 8.84. The van der Waals surface area contributed by atoms with Crippen LogP contribution in [0, 0.1) is 12.8 Å². The van der Waals surface area contributed by atoms with Crippen LogP contribution in [0.1, 0.15) is 41.5 Å². The monoisotopic (exact) mass is 362 g/mol. The van der Waals surface area contributed by atoms with Gasteiger partial charge in [0, 0.05) is 5.41 Å². The van der Waals surface area contributed by atoms with Gasteiger partial charge in [-0.05, 0) is 54.4 Å². The van der Waals surface area contributed by atoms with E-state index in [0.717, 1.165) is 12.8 Å². The van der Waals surface area contributed by atoms with E-state index in [1.54, 1.807) is 5.57 Å². The molecule has 3 aromatic rings. The summed E-state index contributed by atoms with van der Waals surface area (Å²) in [5.74, 6) is 0.626. The van der Waals surface area contributed by atoms with E-state index in [1.165, 1.54) is 34.2 Å². The molecule has 2 aliphatic rings. The molecule has 2 aliphatic carbocycles. The summed E-state index contributed by atoms with van der Waals surface area (Å²) in [7, 11) is 0. The van der Waals surface area contributed by atoms with E-state index in [1.807, 2.05) is 0 Å². The highest BCUT2D eigenvalue weighted by molar-refractivity contribution is 5.83. The van der Waals surface area contributed by atoms with Gasteiger partial charge in [-0.3, -0.25) is 0 Å². The van der Waals surface area contributed by atoms with E-state index in [4.69, 9.17) is 0 Å². The number of rotatable bonds is 3. The Morgan fingerprint density at radius 3 is 1.96 bits per heavy atom. The molecular formula is C28H26. The van der Waals surface area contributed by atoms with Gasteiger partial charge in [0.1, 0.15) is 0 Å². The Balaban J connectivity index is 1.67. The Bertz CT molecular complexity index is 981. The molecule has 0 N–H and O–H groups in total. The molecule has 0 spiro atoms. The van der Waals surface area contributed by atoms with Crippen molar-refractivity contribution in [3.63, 3.8) is 0 Å². The van der Waals surface area contributed by atoms with Crippen LogP contribution < -0.4 is 0 Å². The van der Waals surface area contributed by atoms with Crippen LogP contribution in [0.2, 0.25) is 0 Å². The van der Waals surface area contributed by atoms with Crippen LogP contribution in [-0.2, 0) is 5.41 Å². The number of aryl methyl sites for hydroxylation is 1. The molecule has 28 heavy (non-hydrogen) atoms. The quantitative estimate of drug-likeness (QED) is 0.436.